The zero-order chi connectivity index (χ0) is 11.1. The van der Waals surface area contributed by atoms with E-state index in [1.54, 1.807) is 0 Å². The molecule has 1 heterocycles. The third kappa shape index (κ3) is 3.77. The average Bonchev–Trinajstić information content (AvgIpc) is 2.24. The van der Waals surface area contributed by atoms with Gasteiger partial charge < -0.3 is 10.1 Å². The van der Waals surface area contributed by atoms with Crippen LogP contribution in [0.3, 0.4) is 0 Å². The topological polar surface area (TPSA) is 35.8 Å². The highest BCUT2D eigenvalue weighted by Crippen LogP contribution is 2.12. The largest absolute Gasteiger partial charge is 0.411 e. The van der Waals surface area contributed by atoms with E-state index in [-0.39, 0.29) is 0 Å². The summed E-state index contributed by atoms with van der Waals surface area (Å²) in [6, 6.07) is 0. The van der Waals surface area contributed by atoms with Crippen molar-refractivity contribution in [2.75, 3.05) is 20.1 Å². The second kappa shape index (κ2) is 6.26. The van der Waals surface area contributed by atoms with Gasteiger partial charge in [0.15, 0.2) is 0 Å². The number of rotatable bonds is 3. The molecule has 1 N–H and O–H groups in total. The van der Waals surface area contributed by atoms with Crippen LogP contribution in [0.4, 0.5) is 0 Å². The second-order valence-corrected chi connectivity index (χ2v) is 3.73. The van der Waals surface area contributed by atoms with Crippen LogP contribution in [0.1, 0.15) is 26.2 Å². The van der Waals surface area contributed by atoms with E-state index in [0.29, 0.717) is 0 Å². The van der Waals surface area contributed by atoms with Gasteiger partial charge in [-0.15, -0.1) is 11.8 Å². The van der Waals surface area contributed by atoms with Gasteiger partial charge in [-0.1, -0.05) is 11.2 Å². The van der Waals surface area contributed by atoms with Crippen molar-refractivity contribution in [3.05, 3.63) is 11.6 Å². The molecule has 15 heavy (non-hydrogen) atoms. The molecular weight excluding hydrogens is 188 g/mol. The molecule has 1 rings (SSSR count). The van der Waals surface area contributed by atoms with Gasteiger partial charge in [0.1, 0.15) is 0 Å². The summed E-state index contributed by atoms with van der Waals surface area (Å²) in [7, 11) is 2.08. The summed E-state index contributed by atoms with van der Waals surface area (Å²) in [6.07, 6.45) is 4.69. The van der Waals surface area contributed by atoms with E-state index in [4.69, 9.17) is 5.21 Å². The molecule has 1 aliphatic rings. The van der Waals surface area contributed by atoms with E-state index >= 15 is 0 Å². The molecule has 0 aliphatic carbocycles. The number of nitrogens with zero attached hydrogens (tertiary/aromatic N) is 2. The number of oxime groups is 1. The zero-order valence-corrected chi connectivity index (χ0v) is 9.45. The Balaban J connectivity index is 2.57. The third-order valence-corrected chi connectivity index (χ3v) is 2.50. The first kappa shape index (κ1) is 11.8. The predicted octanol–water partition coefficient (Wildman–Crippen LogP) is 1.88. The van der Waals surface area contributed by atoms with Crippen LogP contribution in [0.2, 0.25) is 0 Å². The molecule has 0 saturated heterocycles. The van der Waals surface area contributed by atoms with Gasteiger partial charge in [-0.05, 0) is 26.0 Å². The lowest BCUT2D eigenvalue weighted by atomic mass is 10.0. The summed E-state index contributed by atoms with van der Waals surface area (Å²) in [6.45, 7) is 3.78. The van der Waals surface area contributed by atoms with Crippen LogP contribution in [-0.2, 0) is 0 Å². The fourth-order valence-corrected chi connectivity index (χ4v) is 1.68. The first-order valence-electron chi connectivity index (χ1n) is 5.26. The summed E-state index contributed by atoms with van der Waals surface area (Å²) >= 11 is 0. The Kier molecular flexibility index (Phi) is 4.92. The Bertz CT molecular complexity index is 320. The van der Waals surface area contributed by atoms with E-state index in [9.17, 15) is 0 Å². The van der Waals surface area contributed by atoms with Crippen LogP contribution in [0.15, 0.2) is 16.8 Å². The summed E-state index contributed by atoms with van der Waals surface area (Å²) in [4.78, 5) is 2.23. The maximum Gasteiger partial charge on any atom is 0.0846 e. The van der Waals surface area contributed by atoms with Gasteiger partial charge in [0.25, 0.3) is 0 Å². The molecule has 0 unspecified atom stereocenters. The highest BCUT2D eigenvalue weighted by molar-refractivity contribution is 6.00. The standard InChI is InChI=1S/C12H18N2O/c1-3-4-5-8-12(13-15)11-7-6-9-14(2)10-11/h7,15H,5-6,8-10H2,1-2H3. The lowest BCUT2D eigenvalue weighted by Gasteiger charge is -2.23. The SMILES string of the molecule is CC#CCCC(=NO)C1=CCCN(C)C1. The van der Waals surface area contributed by atoms with Crippen LogP contribution in [0.25, 0.3) is 0 Å². The van der Waals surface area contributed by atoms with Crippen molar-refractivity contribution in [2.45, 2.75) is 26.2 Å². The molecule has 0 aromatic rings. The Morgan fingerprint density at radius 2 is 2.47 bits per heavy atom. The molecular formula is C12H18N2O. The van der Waals surface area contributed by atoms with Crippen molar-refractivity contribution in [2.24, 2.45) is 5.16 Å². The molecule has 0 radical (unpaired) electrons. The minimum absolute atomic E-state index is 0.733. The van der Waals surface area contributed by atoms with Crippen molar-refractivity contribution in [3.8, 4) is 11.8 Å². The van der Waals surface area contributed by atoms with Crippen LogP contribution >= 0.6 is 0 Å². The van der Waals surface area contributed by atoms with E-state index in [1.807, 2.05) is 6.92 Å². The molecule has 0 saturated carbocycles. The Morgan fingerprint density at radius 1 is 1.67 bits per heavy atom. The van der Waals surface area contributed by atoms with Crippen LogP contribution in [0, 0.1) is 11.8 Å². The smallest absolute Gasteiger partial charge is 0.0846 e. The van der Waals surface area contributed by atoms with Crippen LogP contribution < -0.4 is 0 Å². The van der Waals surface area contributed by atoms with Crippen molar-refractivity contribution in [3.63, 3.8) is 0 Å². The number of hydrogen-bond donors (Lipinski definition) is 1. The van der Waals surface area contributed by atoms with Gasteiger partial charge >= 0.3 is 0 Å². The second-order valence-electron chi connectivity index (χ2n) is 3.73. The summed E-state index contributed by atoms with van der Waals surface area (Å²) < 4.78 is 0. The maximum atomic E-state index is 8.94. The number of hydrogen-bond acceptors (Lipinski definition) is 3. The van der Waals surface area contributed by atoms with Gasteiger partial charge in [0, 0.05) is 25.9 Å². The summed E-state index contributed by atoms with van der Waals surface area (Å²) in [5.74, 6) is 5.82. The fourth-order valence-electron chi connectivity index (χ4n) is 1.68. The quantitative estimate of drug-likeness (QED) is 0.331. The zero-order valence-electron chi connectivity index (χ0n) is 9.45. The highest BCUT2D eigenvalue weighted by Gasteiger charge is 2.13. The normalized spacial score (nSPS) is 18.0. The molecule has 0 aromatic heterocycles. The van der Waals surface area contributed by atoms with Gasteiger partial charge in [-0.25, -0.2) is 0 Å². The van der Waals surface area contributed by atoms with Gasteiger partial charge in [-0.3, -0.25) is 0 Å². The Labute approximate surface area is 91.5 Å². The summed E-state index contributed by atoms with van der Waals surface area (Å²) in [5, 5.41) is 12.3. The van der Waals surface area contributed by atoms with E-state index < -0.39 is 0 Å². The molecule has 1 aliphatic heterocycles. The lowest BCUT2D eigenvalue weighted by molar-refractivity contribution is 0.315. The first-order chi connectivity index (χ1) is 7.27. The molecule has 0 fully saturated rings. The maximum absolute atomic E-state index is 8.94. The molecule has 3 nitrogen and oxygen atoms in total. The van der Waals surface area contributed by atoms with Crippen molar-refractivity contribution < 1.29 is 5.21 Å². The van der Waals surface area contributed by atoms with Gasteiger partial charge in [0.2, 0.25) is 0 Å². The molecule has 82 valence electrons. The Hall–Kier alpha value is -1.27. The number of likely N-dealkylation sites (N-methyl/N-ethyl adjacent to an activating group) is 1. The Morgan fingerprint density at radius 3 is 3.07 bits per heavy atom. The van der Waals surface area contributed by atoms with Crippen molar-refractivity contribution in [1.29, 1.82) is 0 Å². The molecule has 0 aromatic carbocycles. The monoisotopic (exact) mass is 206 g/mol. The average molecular weight is 206 g/mol. The fraction of sp³-hybridized carbons (Fsp3) is 0.583. The van der Waals surface area contributed by atoms with E-state index in [1.165, 1.54) is 0 Å². The molecule has 3 heteroatoms. The van der Waals surface area contributed by atoms with E-state index in [2.05, 4.69) is 35.0 Å². The highest BCUT2D eigenvalue weighted by atomic mass is 16.4. The molecule has 0 bridgehead atoms. The first-order valence-corrected chi connectivity index (χ1v) is 5.26. The lowest BCUT2D eigenvalue weighted by Crippen LogP contribution is -2.28. The van der Waals surface area contributed by atoms with Crippen molar-refractivity contribution in [1.82, 2.24) is 4.90 Å². The third-order valence-electron chi connectivity index (χ3n) is 2.50. The van der Waals surface area contributed by atoms with Gasteiger partial charge in [0.05, 0.1) is 5.71 Å². The van der Waals surface area contributed by atoms with E-state index in [0.717, 1.165) is 43.6 Å². The van der Waals surface area contributed by atoms with Crippen LogP contribution in [-0.4, -0.2) is 36.0 Å². The molecule has 0 atom stereocenters. The molecule has 0 amide bonds. The molecule has 0 spiro atoms. The minimum Gasteiger partial charge on any atom is -0.411 e. The minimum atomic E-state index is 0.733. The van der Waals surface area contributed by atoms with Gasteiger partial charge in [-0.2, -0.15) is 0 Å². The predicted molar refractivity (Wildman–Crippen MR) is 62.1 cm³/mol. The summed E-state index contributed by atoms with van der Waals surface area (Å²) in [5.41, 5.74) is 1.92. The van der Waals surface area contributed by atoms with Crippen LogP contribution in [0.5, 0.6) is 0 Å². The van der Waals surface area contributed by atoms with Crippen molar-refractivity contribution >= 4 is 5.71 Å².